The number of halogens is 6. The largest absolute Gasteiger partial charge is 0.369 e. The van der Waals surface area contributed by atoms with E-state index in [1.807, 2.05) is 0 Å². The van der Waals surface area contributed by atoms with Crippen LogP contribution in [-0.4, -0.2) is 26.3 Å². The fraction of sp³-hybridized carbons (Fsp3) is 0.833. The number of rotatable bonds is 0. The summed E-state index contributed by atoms with van der Waals surface area (Å²) in [5.74, 6) is 0.776. The van der Waals surface area contributed by atoms with Gasteiger partial charge in [0, 0.05) is 0 Å². The van der Waals surface area contributed by atoms with Crippen molar-refractivity contribution in [2.45, 2.75) is 32.7 Å². The molecule has 8 atom stereocenters. The van der Waals surface area contributed by atoms with Crippen molar-refractivity contribution in [3.63, 3.8) is 0 Å². The zero-order chi connectivity index (χ0) is 13.5. The lowest BCUT2D eigenvalue weighted by atomic mass is 9.73. The van der Waals surface area contributed by atoms with Gasteiger partial charge in [-0.05, 0) is 30.1 Å². The first-order valence-corrected chi connectivity index (χ1v) is 8.52. The lowest BCUT2D eigenvalue weighted by Gasteiger charge is -2.38. The predicted molar refractivity (Wildman–Crippen MR) is 77.6 cm³/mol. The van der Waals surface area contributed by atoms with Gasteiger partial charge in [0.2, 0.25) is 0 Å². The van der Waals surface area contributed by atoms with Gasteiger partial charge >= 0.3 is 0 Å². The standard InChI is InChI=1S/C12H8Cl6O/c13-8-9(14)11(16)5-3-1-2(6-7(3)19-6)4(5)10(8,15)12(11,17)18/h2-7H,1H2/t2-,3+,4-,5+,6-,7-,10+,11+/m1/s1. The average Bonchev–Trinajstić information content (AvgIpc) is 2.91. The molecule has 0 aromatic rings. The molecule has 4 fully saturated rings. The van der Waals surface area contributed by atoms with Crippen molar-refractivity contribution >= 4 is 69.6 Å². The molecule has 1 nitrogen and oxygen atoms in total. The molecule has 1 saturated heterocycles. The van der Waals surface area contributed by atoms with E-state index in [9.17, 15) is 0 Å². The van der Waals surface area contributed by atoms with E-state index in [1.54, 1.807) is 0 Å². The molecule has 0 aromatic carbocycles. The van der Waals surface area contributed by atoms with Crippen LogP contribution in [0.3, 0.4) is 0 Å². The summed E-state index contributed by atoms with van der Waals surface area (Å²) in [5, 5.41) is 0.642. The third-order valence-electron chi connectivity index (χ3n) is 5.92. The molecule has 0 amide bonds. The number of epoxide rings is 1. The molecule has 104 valence electrons. The quantitative estimate of drug-likeness (QED) is 0.343. The molecular weight excluding hydrogens is 373 g/mol. The normalized spacial score (nSPS) is 66.6. The molecule has 1 heterocycles. The highest BCUT2D eigenvalue weighted by Gasteiger charge is 2.89. The van der Waals surface area contributed by atoms with E-state index >= 15 is 0 Å². The Hall–Kier alpha value is 1.44. The first kappa shape index (κ1) is 12.9. The molecule has 19 heavy (non-hydrogen) atoms. The van der Waals surface area contributed by atoms with Crippen LogP contribution < -0.4 is 0 Å². The van der Waals surface area contributed by atoms with Gasteiger partial charge in [0.05, 0.1) is 22.3 Å². The Morgan fingerprint density at radius 3 is 1.68 bits per heavy atom. The van der Waals surface area contributed by atoms with Crippen LogP contribution in [0.1, 0.15) is 6.42 Å². The van der Waals surface area contributed by atoms with Crippen LogP contribution in [0.4, 0.5) is 0 Å². The lowest BCUT2D eigenvalue weighted by Crippen LogP contribution is -2.46. The molecule has 0 N–H and O–H groups in total. The summed E-state index contributed by atoms with van der Waals surface area (Å²) >= 11 is 39.5. The van der Waals surface area contributed by atoms with Crippen LogP contribution in [-0.2, 0) is 4.74 Å². The van der Waals surface area contributed by atoms with Crippen LogP contribution in [0.25, 0.3) is 0 Å². The van der Waals surface area contributed by atoms with E-state index in [1.165, 1.54) is 0 Å². The highest BCUT2D eigenvalue weighted by atomic mass is 35.5. The molecular formula is C12H8Cl6O. The summed E-state index contributed by atoms with van der Waals surface area (Å²) < 4.78 is 4.35. The maximum Gasteiger partial charge on any atom is 0.166 e. The molecule has 4 aliphatic carbocycles. The van der Waals surface area contributed by atoms with Gasteiger partial charge in [0.25, 0.3) is 0 Å². The summed E-state index contributed by atoms with van der Waals surface area (Å²) in [7, 11) is 0. The Labute approximate surface area is 140 Å². The van der Waals surface area contributed by atoms with Gasteiger partial charge in [-0.1, -0.05) is 46.4 Å². The third kappa shape index (κ3) is 0.986. The zero-order valence-electron chi connectivity index (χ0n) is 9.35. The Morgan fingerprint density at radius 2 is 1.26 bits per heavy atom. The Morgan fingerprint density at radius 1 is 0.842 bits per heavy atom. The van der Waals surface area contributed by atoms with Crippen molar-refractivity contribution in [1.29, 1.82) is 0 Å². The van der Waals surface area contributed by atoms with Gasteiger partial charge in [-0.15, -0.1) is 23.2 Å². The summed E-state index contributed by atoms with van der Waals surface area (Å²) in [5.41, 5.74) is 0. The minimum absolute atomic E-state index is 0.0467. The minimum atomic E-state index is -1.37. The number of hydrogen-bond acceptors (Lipinski definition) is 1. The van der Waals surface area contributed by atoms with Crippen molar-refractivity contribution in [2.75, 3.05) is 0 Å². The second-order valence-corrected chi connectivity index (χ2v) is 9.58. The summed E-state index contributed by atoms with van der Waals surface area (Å²) in [4.78, 5) is -2.17. The van der Waals surface area contributed by atoms with E-state index in [0.29, 0.717) is 21.9 Å². The van der Waals surface area contributed by atoms with Crippen LogP contribution in [0.15, 0.2) is 10.1 Å². The van der Waals surface area contributed by atoms with E-state index in [4.69, 9.17) is 74.3 Å². The van der Waals surface area contributed by atoms with E-state index < -0.39 is 14.1 Å². The van der Waals surface area contributed by atoms with Crippen LogP contribution in [0.5, 0.6) is 0 Å². The van der Waals surface area contributed by atoms with Gasteiger partial charge in [0.15, 0.2) is 4.33 Å². The lowest BCUT2D eigenvalue weighted by molar-refractivity contribution is 0.237. The molecule has 4 bridgehead atoms. The number of ether oxygens (including phenoxy) is 1. The third-order valence-corrected chi connectivity index (χ3v) is 10.2. The topological polar surface area (TPSA) is 12.5 Å². The highest BCUT2D eigenvalue weighted by molar-refractivity contribution is 6.65. The second kappa shape index (κ2) is 3.20. The van der Waals surface area contributed by atoms with Crippen LogP contribution in [0.2, 0.25) is 0 Å². The Kier molecular flexibility index (Phi) is 2.18. The molecule has 7 heteroatoms. The Bertz CT molecular complexity index is 516. The van der Waals surface area contributed by atoms with Gasteiger partial charge in [-0.2, -0.15) is 0 Å². The summed E-state index contributed by atoms with van der Waals surface area (Å²) in [6, 6.07) is 0. The van der Waals surface area contributed by atoms with E-state index in [0.717, 1.165) is 6.42 Å². The molecule has 5 aliphatic rings. The first-order valence-electron chi connectivity index (χ1n) is 6.25. The fourth-order valence-electron chi connectivity index (χ4n) is 5.30. The average molecular weight is 381 g/mol. The molecule has 0 aromatic heterocycles. The maximum absolute atomic E-state index is 6.82. The van der Waals surface area contributed by atoms with Crippen molar-refractivity contribution < 1.29 is 4.74 Å². The number of allylic oxidation sites excluding steroid dienone is 2. The first-order chi connectivity index (χ1) is 8.78. The van der Waals surface area contributed by atoms with Gasteiger partial charge in [0.1, 0.15) is 9.75 Å². The predicted octanol–water partition coefficient (Wildman–Crippen LogP) is 4.48. The molecule has 3 saturated carbocycles. The van der Waals surface area contributed by atoms with Crippen molar-refractivity contribution in [1.82, 2.24) is 0 Å². The molecule has 0 spiro atoms. The van der Waals surface area contributed by atoms with Crippen molar-refractivity contribution in [3.05, 3.63) is 10.1 Å². The number of fused-ring (bicyclic) bond motifs is 12. The zero-order valence-corrected chi connectivity index (χ0v) is 13.9. The van der Waals surface area contributed by atoms with E-state index in [2.05, 4.69) is 0 Å². The summed E-state index contributed by atoms with van der Waals surface area (Å²) in [6.45, 7) is 0. The number of hydrogen-bond donors (Lipinski definition) is 0. The van der Waals surface area contributed by atoms with Crippen LogP contribution in [0, 0.1) is 23.7 Å². The summed E-state index contributed by atoms with van der Waals surface area (Å²) in [6.07, 6.45) is 1.63. The fourth-order valence-corrected chi connectivity index (χ4v) is 8.43. The van der Waals surface area contributed by atoms with E-state index in [-0.39, 0.29) is 24.0 Å². The second-order valence-electron chi connectivity index (χ2n) is 6.31. The van der Waals surface area contributed by atoms with Crippen molar-refractivity contribution in [3.8, 4) is 0 Å². The van der Waals surface area contributed by atoms with Gasteiger partial charge in [-0.25, -0.2) is 0 Å². The molecule has 1 aliphatic heterocycles. The monoisotopic (exact) mass is 378 g/mol. The SMILES string of the molecule is ClC1=C(Cl)[C@@]2(Cl)[C@H]3[C@@H]4C[C@@H]([C@H]5O[C@H]45)[C@H]3[C@@]1(Cl)C2(Cl)Cl. The van der Waals surface area contributed by atoms with Crippen LogP contribution >= 0.6 is 69.6 Å². The maximum atomic E-state index is 6.82. The number of alkyl halides is 4. The van der Waals surface area contributed by atoms with Gasteiger partial charge < -0.3 is 4.74 Å². The minimum Gasteiger partial charge on any atom is -0.369 e. The molecule has 0 unspecified atom stereocenters. The highest BCUT2D eigenvalue weighted by Crippen LogP contribution is 2.84. The molecule has 0 radical (unpaired) electrons. The van der Waals surface area contributed by atoms with Gasteiger partial charge in [-0.3, -0.25) is 0 Å². The van der Waals surface area contributed by atoms with Crippen molar-refractivity contribution in [2.24, 2.45) is 23.7 Å². The molecule has 5 rings (SSSR count). The Balaban J connectivity index is 1.80. The smallest absolute Gasteiger partial charge is 0.166 e.